The molecular formula is C12H15Br2N5OS. The van der Waals surface area contributed by atoms with Crippen LogP contribution < -0.4 is 10.1 Å². The molecule has 0 bridgehead atoms. The molecule has 1 aromatic heterocycles. The molecule has 1 heterocycles. The van der Waals surface area contributed by atoms with Gasteiger partial charge in [0, 0.05) is 35.9 Å². The minimum atomic E-state index is 0.735. The van der Waals surface area contributed by atoms with Gasteiger partial charge in [-0.2, -0.15) is 0 Å². The highest BCUT2D eigenvalue weighted by atomic mass is 79.9. The number of hydrogen-bond donors (Lipinski definition) is 1. The average Bonchev–Trinajstić information content (AvgIpc) is 2.83. The van der Waals surface area contributed by atoms with E-state index in [1.807, 2.05) is 13.1 Å². The first-order valence-corrected chi connectivity index (χ1v) is 8.76. The first-order chi connectivity index (χ1) is 10.1. The number of tetrazole rings is 1. The van der Waals surface area contributed by atoms with Crippen LogP contribution in [0.1, 0.15) is 5.56 Å². The predicted molar refractivity (Wildman–Crippen MR) is 89.6 cm³/mol. The van der Waals surface area contributed by atoms with Crippen molar-refractivity contribution in [2.45, 2.75) is 11.7 Å². The van der Waals surface area contributed by atoms with Crippen molar-refractivity contribution in [2.75, 3.05) is 19.4 Å². The SMILES string of the molecule is COc1c(Br)cc(Br)cc1CNCCSc1nnnn1C. The zero-order valence-corrected chi connectivity index (χ0v) is 15.6. The summed E-state index contributed by atoms with van der Waals surface area (Å²) in [6.07, 6.45) is 0. The summed E-state index contributed by atoms with van der Waals surface area (Å²) in [5, 5.41) is 15.5. The standard InChI is InChI=1S/C12H15Br2N5OS/c1-19-12(16-17-18-19)21-4-3-15-7-8-5-9(13)6-10(14)11(8)20-2/h5-6,15H,3-4,7H2,1-2H3. The van der Waals surface area contributed by atoms with E-state index in [9.17, 15) is 0 Å². The fraction of sp³-hybridized carbons (Fsp3) is 0.417. The average molecular weight is 437 g/mol. The topological polar surface area (TPSA) is 64.9 Å². The summed E-state index contributed by atoms with van der Waals surface area (Å²) >= 11 is 8.61. The number of methoxy groups -OCH3 is 1. The Morgan fingerprint density at radius 3 is 2.86 bits per heavy atom. The van der Waals surface area contributed by atoms with Crippen molar-refractivity contribution in [2.24, 2.45) is 7.05 Å². The number of benzene rings is 1. The number of nitrogens with one attached hydrogen (secondary N) is 1. The second kappa shape index (κ2) is 8.11. The minimum Gasteiger partial charge on any atom is -0.495 e. The maximum absolute atomic E-state index is 5.42. The van der Waals surface area contributed by atoms with E-state index < -0.39 is 0 Å². The van der Waals surface area contributed by atoms with E-state index in [1.165, 1.54) is 0 Å². The molecule has 6 nitrogen and oxygen atoms in total. The number of aryl methyl sites for hydroxylation is 1. The molecule has 0 spiro atoms. The Kier molecular flexibility index (Phi) is 6.46. The number of ether oxygens (including phenoxy) is 1. The highest BCUT2D eigenvalue weighted by Gasteiger charge is 2.09. The molecule has 0 radical (unpaired) electrons. The van der Waals surface area contributed by atoms with Crippen LogP contribution in [0.25, 0.3) is 0 Å². The molecule has 0 aliphatic heterocycles. The normalized spacial score (nSPS) is 10.9. The molecule has 0 saturated heterocycles. The lowest BCUT2D eigenvalue weighted by Gasteiger charge is -2.12. The summed E-state index contributed by atoms with van der Waals surface area (Å²) in [5.74, 6) is 1.75. The van der Waals surface area contributed by atoms with Gasteiger partial charge in [0.25, 0.3) is 0 Å². The highest BCUT2D eigenvalue weighted by molar-refractivity contribution is 9.11. The minimum absolute atomic E-state index is 0.735. The van der Waals surface area contributed by atoms with Crippen LogP contribution in [-0.4, -0.2) is 39.6 Å². The Hall–Kier alpha value is -0.640. The Morgan fingerprint density at radius 2 is 2.19 bits per heavy atom. The van der Waals surface area contributed by atoms with E-state index in [0.717, 1.165) is 44.3 Å². The molecule has 0 amide bonds. The van der Waals surface area contributed by atoms with Crippen LogP contribution >= 0.6 is 43.6 Å². The second-order valence-electron chi connectivity index (χ2n) is 4.19. The maximum atomic E-state index is 5.42. The van der Waals surface area contributed by atoms with Gasteiger partial charge in [0.2, 0.25) is 5.16 Å². The molecule has 0 unspecified atom stereocenters. The number of aromatic nitrogens is 4. The molecule has 9 heteroatoms. The fourth-order valence-corrected chi connectivity index (χ4v) is 3.98. The molecule has 2 aromatic rings. The van der Waals surface area contributed by atoms with E-state index in [-0.39, 0.29) is 0 Å². The van der Waals surface area contributed by atoms with Gasteiger partial charge in [-0.15, -0.1) is 5.10 Å². The van der Waals surface area contributed by atoms with E-state index >= 15 is 0 Å². The van der Waals surface area contributed by atoms with Gasteiger partial charge in [-0.25, -0.2) is 4.68 Å². The third kappa shape index (κ3) is 4.67. The molecule has 1 N–H and O–H groups in total. The van der Waals surface area contributed by atoms with Gasteiger partial charge in [0.05, 0.1) is 11.6 Å². The largest absolute Gasteiger partial charge is 0.495 e. The first-order valence-electron chi connectivity index (χ1n) is 6.19. The van der Waals surface area contributed by atoms with E-state index in [0.29, 0.717) is 0 Å². The van der Waals surface area contributed by atoms with Crippen molar-refractivity contribution in [3.63, 3.8) is 0 Å². The lowest BCUT2D eigenvalue weighted by molar-refractivity contribution is 0.405. The molecule has 0 aliphatic rings. The van der Waals surface area contributed by atoms with Gasteiger partial charge in [-0.05, 0) is 38.5 Å². The first kappa shape index (κ1) is 16.7. The summed E-state index contributed by atoms with van der Waals surface area (Å²) < 4.78 is 9.05. The molecule has 0 fully saturated rings. The maximum Gasteiger partial charge on any atom is 0.209 e. The summed E-state index contributed by atoms with van der Waals surface area (Å²) in [4.78, 5) is 0. The van der Waals surface area contributed by atoms with Crippen molar-refractivity contribution in [1.82, 2.24) is 25.5 Å². The van der Waals surface area contributed by atoms with Crippen molar-refractivity contribution >= 4 is 43.6 Å². The lowest BCUT2D eigenvalue weighted by atomic mass is 10.2. The molecular weight excluding hydrogens is 422 g/mol. The van der Waals surface area contributed by atoms with Crippen LogP contribution in [0.15, 0.2) is 26.2 Å². The predicted octanol–water partition coefficient (Wildman–Crippen LogP) is 2.63. The van der Waals surface area contributed by atoms with Crippen molar-refractivity contribution < 1.29 is 4.74 Å². The zero-order chi connectivity index (χ0) is 15.2. The summed E-state index contributed by atoms with van der Waals surface area (Å²) in [7, 11) is 3.51. The van der Waals surface area contributed by atoms with Crippen LogP contribution in [0.2, 0.25) is 0 Å². The van der Waals surface area contributed by atoms with Gasteiger partial charge in [-0.1, -0.05) is 27.7 Å². The third-order valence-corrected chi connectivity index (χ3v) is 4.76. The quantitative estimate of drug-likeness (QED) is 0.531. The van der Waals surface area contributed by atoms with Crippen molar-refractivity contribution in [3.05, 3.63) is 26.6 Å². The number of nitrogens with zero attached hydrogens (tertiary/aromatic N) is 4. The van der Waals surface area contributed by atoms with Crippen LogP contribution in [-0.2, 0) is 13.6 Å². The smallest absolute Gasteiger partial charge is 0.209 e. The van der Waals surface area contributed by atoms with Gasteiger partial charge < -0.3 is 10.1 Å². The second-order valence-corrected chi connectivity index (χ2v) is 7.02. The molecule has 2 rings (SSSR count). The van der Waals surface area contributed by atoms with Crippen LogP contribution in [0.3, 0.4) is 0 Å². The van der Waals surface area contributed by atoms with Crippen LogP contribution in [0.4, 0.5) is 0 Å². The van der Waals surface area contributed by atoms with Crippen LogP contribution in [0, 0.1) is 0 Å². The Bertz CT molecular complexity index is 607. The van der Waals surface area contributed by atoms with E-state index in [4.69, 9.17) is 4.74 Å². The number of hydrogen-bond acceptors (Lipinski definition) is 6. The monoisotopic (exact) mass is 435 g/mol. The molecule has 1 aromatic carbocycles. The van der Waals surface area contributed by atoms with Crippen molar-refractivity contribution in [1.29, 1.82) is 0 Å². The van der Waals surface area contributed by atoms with Crippen LogP contribution in [0.5, 0.6) is 5.75 Å². The van der Waals surface area contributed by atoms with Gasteiger partial charge in [0.1, 0.15) is 5.75 Å². The zero-order valence-electron chi connectivity index (χ0n) is 11.6. The Morgan fingerprint density at radius 1 is 1.38 bits per heavy atom. The Labute approximate surface area is 144 Å². The summed E-state index contributed by atoms with van der Waals surface area (Å²) in [6.45, 7) is 1.59. The summed E-state index contributed by atoms with van der Waals surface area (Å²) in [5.41, 5.74) is 1.10. The summed E-state index contributed by atoms with van der Waals surface area (Å²) in [6, 6.07) is 4.02. The number of rotatable bonds is 7. The van der Waals surface area contributed by atoms with Gasteiger partial charge >= 0.3 is 0 Å². The van der Waals surface area contributed by atoms with E-state index in [2.05, 4.69) is 58.8 Å². The molecule has 21 heavy (non-hydrogen) atoms. The molecule has 0 saturated carbocycles. The van der Waals surface area contributed by atoms with E-state index in [1.54, 1.807) is 23.6 Å². The third-order valence-electron chi connectivity index (χ3n) is 2.70. The number of halogens is 2. The molecule has 0 aliphatic carbocycles. The Balaban J connectivity index is 1.82. The molecule has 114 valence electrons. The lowest BCUT2D eigenvalue weighted by Crippen LogP contribution is -2.17. The molecule has 0 atom stereocenters. The van der Waals surface area contributed by atoms with Gasteiger partial charge in [0.15, 0.2) is 0 Å². The van der Waals surface area contributed by atoms with Crippen molar-refractivity contribution in [3.8, 4) is 5.75 Å². The number of thioether (sulfide) groups is 1. The van der Waals surface area contributed by atoms with Gasteiger partial charge in [-0.3, -0.25) is 0 Å². The highest BCUT2D eigenvalue weighted by Crippen LogP contribution is 2.32. The fourth-order valence-electron chi connectivity index (χ4n) is 1.75.